The van der Waals surface area contributed by atoms with Crippen LogP contribution in [0.5, 0.6) is 5.75 Å². The highest BCUT2D eigenvalue weighted by molar-refractivity contribution is 5.36. The fourth-order valence-electron chi connectivity index (χ4n) is 2.83. The normalized spacial score (nSPS) is 14.8. The highest BCUT2D eigenvalue weighted by Crippen LogP contribution is 2.29. The van der Waals surface area contributed by atoms with E-state index in [2.05, 4.69) is 87.6 Å². The molecular formula is C22H31NO. The maximum atomic E-state index is 6.34. The Morgan fingerprint density at radius 2 is 1.54 bits per heavy atom. The number of ether oxygens (including phenoxy) is 1. The molecule has 3 atom stereocenters. The summed E-state index contributed by atoms with van der Waals surface area (Å²) in [5.74, 6) is 1.56. The number of rotatable bonds is 9. The molecule has 0 aliphatic heterocycles. The van der Waals surface area contributed by atoms with Gasteiger partial charge in [0.05, 0.1) is 0 Å². The van der Waals surface area contributed by atoms with Crippen LogP contribution >= 0.6 is 0 Å². The number of hydrogen-bond donors (Lipinski definition) is 1. The summed E-state index contributed by atoms with van der Waals surface area (Å²) in [6.07, 6.45) is 2.30. The summed E-state index contributed by atoms with van der Waals surface area (Å²) in [6, 6.07) is 19.3. The molecule has 2 nitrogen and oxygen atoms in total. The lowest BCUT2D eigenvalue weighted by atomic mass is 9.98. The summed E-state index contributed by atoms with van der Waals surface area (Å²) in [5, 5.41) is 3.61. The predicted molar refractivity (Wildman–Crippen MR) is 103 cm³/mol. The number of hydrogen-bond acceptors (Lipinski definition) is 2. The first-order chi connectivity index (χ1) is 11.7. The Kier molecular flexibility index (Phi) is 7.33. The molecule has 1 N–H and O–H groups in total. The molecule has 130 valence electrons. The molecular weight excluding hydrogens is 294 g/mol. The van der Waals surface area contributed by atoms with E-state index in [9.17, 15) is 0 Å². The van der Waals surface area contributed by atoms with Crippen molar-refractivity contribution < 1.29 is 4.74 Å². The van der Waals surface area contributed by atoms with Crippen molar-refractivity contribution in [2.75, 3.05) is 6.54 Å². The molecule has 24 heavy (non-hydrogen) atoms. The molecule has 0 spiro atoms. The molecule has 2 heteroatoms. The molecule has 0 aromatic heterocycles. The number of benzene rings is 2. The van der Waals surface area contributed by atoms with Crippen molar-refractivity contribution in [3.63, 3.8) is 0 Å². The van der Waals surface area contributed by atoms with E-state index in [1.165, 1.54) is 11.1 Å². The molecule has 2 rings (SSSR count). The fraction of sp³-hybridized carbons (Fsp3) is 0.455. The van der Waals surface area contributed by atoms with Crippen LogP contribution in [0.1, 0.15) is 63.6 Å². The third-order valence-electron chi connectivity index (χ3n) is 4.76. The van der Waals surface area contributed by atoms with Gasteiger partial charge in [0.15, 0.2) is 0 Å². The van der Waals surface area contributed by atoms with E-state index in [1.807, 2.05) is 0 Å². The van der Waals surface area contributed by atoms with Gasteiger partial charge in [-0.15, -0.1) is 0 Å². The molecule has 0 fully saturated rings. The van der Waals surface area contributed by atoms with Crippen LogP contribution in [0.2, 0.25) is 0 Å². The van der Waals surface area contributed by atoms with E-state index in [1.54, 1.807) is 0 Å². The van der Waals surface area contributed by atoms with Gasteiger partial charge in [-0.25, -0.2) is 0 Å². The van der Waals surface area contributed by atoms with E-state index in [-0.39, 0.29) is 6.10 Å². The zero-order chi connectivity index (χ0) is 17.4. The summed E-state index contributed by atoms with van der Waals surface area (Å²) in [7, 11) is 0. The Morgan fingerprint density at radius 3 is 2.21 bits per heavy atom. The van der Waals surface area contributed by atoms with Gasteiger partial charge in [0.2, 0.25) is 0 Å². The average molecular weight is 325 g/mol. The second-order valence-electron chi connectivity index (χ2n) is 6.54. The van der Waals surface area contributed by atoms with Crippen molar-refractivity contribution in [1.82, 2.24) is 5.32 Å². The quantitative estimate of drug-likeness (QED) is 0.637. The second-order valence-corrected chi connectivity index (χ2v) is 6.54. The van der Waals surface area contributed by atoms with Gasteiger partial charge in [-0.2, -0.15) is 0 Å². The molecule has 0 amide bonds. The van der Waals surface area contributed by atoms with E-state index < -0.39 is 0 Å². The van der Waals surface area contributed by atoms with Crippen LogP contribution in [-0.4, -0.2) is 12.6 Å². The minimum atomic E-state index is 0.182. The number of para-hydroxylation sites is 1. The van der Waals surface area contributed by atoms with E-state index in [4.69, 9.17) is 4.74 Å². The molecule has 0 saturated carbocycles. The zero-order valence-electron chi connectivity index (χ0n) is 15.5. The van der Waals surface area contributed by atoms with Gasteiger partial charge in [0.25, 0.3) is 0 Å². The lowest BCUT2D eigenvalue weighted by molar-refractivity contribution is 0.187. The van der Waals surface area contributed by atoms with Crippen molar-refractivity contribution in [3.8, 4) is 5.75 Å². The molecule has 0 bridgehead atoms. The molecule has 3 unspecified atom stereocenters. The molecule has 0 heterocycles. The predicted octanol–water partition coefficient (Wildman–Crippen LogP) is 5.71. The van der Waals surface area contributed by atoms with Crippen LogP contribution in [0.3, 0.4) is 0 Å². The third-order valence-corrected chi connectivity index (χ3v) is 4.76. The van der Waals surface area contributed by atoms with E-state index >= 15 is 0 Å². The SMILES string of the molecule is CCC(CNC(C)c1ccccc1)Oc1ccccc1C(C)CC. The van der Waals surface area contributed by atoms with Crippen LogP contribution < -0.4 is 10.1 Å². The number of nitrogens with one attached hydrogen (secondary N) is 1. The Hall–Kier alpha value is -1.80. The van der Waals surface area contributed by atoms with Crippen LogP contribution in [0.15, 0.2) is 54.6 Å². The lowest BCUT2D eigenvalue weighted by Gasteiger charge is -2.24. The average Bonchev–Trinajstić information content (AvgIpc) is 2.65. The van der Waals surface area contributed by atoms with Crippen molar-refractivity contribution in [2.45, 2.75) is 58.6 Å². The monoisotopic (exact) mass is 325 g/mol. The van der Waals surface area contributed by atoms with Crippen molar-refractivity contribution >= 4 is 0 Å². The summed E-state index contributed by atoms with van der Waals surface area (Å²) < 4.78 is 6.34. The molecule has 0 aliphatic rings. The minimum Gasteiger partial charge on any atom is -0.489 e. The van der Waals surface area contributed by atoms with E-state index in [0.29, 0.717) is 12.0 Å². The smallest absolute Gasteiger partial charge is 0.123 e. The van der Waals surface area contributed by atoms with Gasteiger partial charge in [-0.05, 0) is 42.9 Å². The summed E-state index contributed by atoms with van der Waals surface area (Å²) in [5.41, 5.74) is 2.63. The molecule has 2 aromatic carbocycles. The Labute approximate surface area is 147 Å². The zero-order valence-corrected chi connectivity index (χ0v) is 15.5. The first-order valence-corrected chi connectivity index (χ1v) is 9.19. The van der Waals surface area contributed by atoms with Gasteiger partial charge >= 0.3 is 0 Å². The molecule has 2 aromatic rings. The Morgan fingerprint density at radius 1 is 0.875 bits per heavy atom. The lowest BCUT2D eigenvalue weighted by Crippen LogP contribution is -2.32. The van der Waals surface area contributed by atoms with Gasteiger partial charge in [-0.1, -0.05) is 69.3 Å². The van der Waals surface area contributed by atoms with Gasteiger partial charge in [0, 0.05) is 12.6 Å². The van der Waals surface area contributed by atoms with Gasteiger partial charge < -0.3 is 10.1 Å². The summed E-state index contributed by atoms with van der Waals surface area (Å²) >= 11 is 0. The fourth-order valence-corrected chi connectivity index (χ4v) is 2.83. The van der Waals surface area contributed by atoms with Crippen molar-refractivity contribution in [1.29, 1.82) is 0 Å². The highest BCUT2D eigenvalue weighted by Gasteiger charge is 2.15. The van der Waals surface area contributed by atoms with Crippen LogP contribution in [-0.2, 0) is 0 Å². The van der Waals surface area contributed by atoms with Crippen molar-refractivity contribution in [3.05, 3.63) is 65.7 Å². The van der Waals surface area contributed by atoms with E-state index in [0.717, 1.165) is 25.1 Å². The van der Waals surface area contributed by atoms with Crippen LogP contribution in [0.25, 0.3) is 0 Å². The van der Waals surface area contributed by atoms with Gasteiger partial charge in [0.1, 0.15) is 11.9 Å². The minimum absolute atomic E-state index is 0.182. The second kappa shape index (κ2) is 9.48. The third kappa shape index (κ3) is 5.10. The van der Waals surface area contributed by atoms with Gasteiger partial charge in [-0.3, -0.25) is 0 Å². The van der Waals surface area contributed by atoms with Crippen LogP contribution in [0.4, 0.5) is 0 Å². The van der Waals surface area contributed by atoms with Crippen LogP contribution in [0, 0.1) is 0 Å². The Bertz CT molecular complexity index is 596. The summed E-state index contributed by atoms with van der Waals surface area (Å²) in [4.78, 5) is 0. The Balaban J connectivity index is 1.98. The first-order valence-electron chi connectivity index (χ1n) is 9.19. The largest absolute Gasteiger partial charge is 0.489 e. The molecule has 0 radical (unpaired) electrons. The maximum Gasteiger partial charge on any atom is 0.123 e. The topological polar surface area (TPSA) is 21.3 Å². The summed E-state index contributed by atoms with van der Waals surface area (Å²) in [6.45, 7) is 9.72. The first kappa shape index (κ1) is 18.5. The molecule has 0 saturated heterocycles. The molecule has 0 aliphatic carbocycles. The highest BCUT2D eigenvalue weighted by atomic mass is 16.5. The van der Waals surface area contributed by atoms with Crippen molar-refractivity contribution in [2.24, 2.45) is 0 Å². The maximum absolute atomic E-state index is 6.34. The standard InChI is InChI=1S/C22H31NO/c1-5-17(3)21-14-10-11-15-22(21)24-20(6-2)16-23-18(4)19-12-8-7-9-13-19/h7-15,17-18,20,23H,5-6,16H2,1-4H3.